The highest BCUT2D eigenvalue weighted by atomic mass is 32.2. The number of benzene rings is 2. The van der Waals surface area contributed by atoms with Crippen LogP contribution in [0.2, 0.25) is 0 Å². The molecule has 3 saturated heterocycles. The number of fused-ring (bicyclic) bond motifs is 4. The van der Waals surface area contributed by atoms with E-state index in [1.54, 1.807) is 0 Å². The van der Waals surface area contributed by atoms with Crippen molar-refractivity contribution in [2.75, 3.05) is 6.61 Å². The predicted molar refractivity (Wildman–Crippen MR) is 99.3 cm³/mol. The minimum atomic E-state index is -4.09. The lowest BCUT2D eigenvalue weighted by molar-refractivity contribution is -0.387. The molecule has 5 rings (SSSR count). The van der Waals surface area contributed by atoms with Crippen molar-refractivity contribution in [2.24, 2.45) is 0 Å². The summed E-state index contributed by atoms with van der Waals surface area (Å²) in [6, 6.07) is 13.9. The number of nitro groups is 1. The van der Waals surface area contributed by atoms with Gasteiger partial charge in [0.1, 0.15) is 12.2 Å². The van der Waals surface area contributed by atoms with Gasteiger partial charge in [-0.05, 0) is 11.6 Å². The first kappa shape index (κ1) is 18.6. The Balaban J connectivity index is 1.43. The van der Waals surface area contributed by atoms with E-state index in [4.69, 9.17) is 14.2 Å². The molecule has 0 aliphatic carbocycles. The molecule has 3 fully saturated rings. The maximum absolute atomic E-state index is 13.3. The van der Waals surface area contributed by atoms with E-state index in [2.05, 4.69) is 0 Å². The first-order chi connectivity index (χ1) is 14.0. The second kappa shape index (κ2) is 6.85. The fourth-order valence-corrected chi connectivity index (χ4v) is 6.10. The highest BCUT2D eigenvalue weighted by Crippen LogP contribution is 2.50. The lowest BCUT2D eigenvalue weighted by Crippen LogP contribution is -2.41. The molecular formula is C19H18N2O7S. The molecule has 152 valence electrons. The molecule has 2 aromatic carbocycles. The van der Waals surface area contributed by atoms with Gasteiger partial charge in [-0.2, -0.15) is 4.31 Å². The highest BCUT2D eigenvalue weighted by Gasteiger charge is 2.70. The fraction of sp³-hybridized carbons (Fsp3) is 0.368. The number of ether oxygens (including phenoxy) is 3. The van der Waals surface area contributed by atoms with Crippen molar-refractivity contribution in [3.63, 3.8) is 0 Å². The molecule has 29 heavy (non-hydrogen) atoms. The second-order valence-electron chi connectivity index (χ2n) is 7.18. The van der Waals surface area contributed by atoms with Crippen LogP contribution in [0.3, 0.4) is 0 Å². The summed E-state index contributed by atoms with van der Waals surface area (Å²) < 4.78 is 45.2. The number of hydrogen-bond donors (Lipinski definition) is 0. The topological polar surface area (TPSA) is 108 Å². The average molecular weight is 418 g/mol. The maximum atomic E-state index is 13.3. The molecule has 0 spiro atoms. The molecule has 10 heteroatoms. The predicted octanol–water partition coefficient (Wildman–Crippen LogP) is 1.68. The largest absolute Gasteiger partial charge is 0.366 e. The van der Waals surface area contributed by atoms with Crippen LogP contribution >= 0.6 is 0 Å². The first-order valence-corrected chi connectivity index (χ1v) is 10.6. The van der Waals surface area contributed by atoms with E-state index in [0.717, 1.165) is 5.56 Å². The third-order valence-corrected chi connectivity index (χ3v) is 7.41. The zero-order valence-electron chi connectivity index (χ0n) is 15.2. The number of nitro benzene ring substituents is 1. The van der Waals surface area contributed by atoms with Crippen molar-refractivity contribution in [1.29, 1.82) is 0 Å². The van der Waals surface area contributed by atoms with Gasteiger partial charge in [-0.25, -0.2) is 8.42 Å². The zero-order chi connectivity index (χ0) is 20.2. The van der Waals surface area contributed by atoms with Gasteiger partial charge in [0.15, 0.2) is 11.2 Å². The Hall–Kier alpha value is -2.37. The number of rotatable bonds is 6. The van der Waals surface area contributed by atoms with Crippen LogP contribution in [-0.2, 0) is 30.8 Å². The molecule has 0 radical (unpaired) electrons. The molecule has 1 unspecified atom stereocenters. The molecular weight excluding hydrogens is 400 g/mol. The lowest BCUT2D eigenvalue weighted by Gasteiger charge is -2.25. The van der Waals surface area contributed by atoms with Gasteiger partial charge >= 0.3 is 0 Å². The number of nitrogens with zero attached hydrogens (tertiary/aromatic N) is 2. The van der Waals surface area contributed by atoms with Gasteiger partial charge in [0.25, 0.3) is 15.7 Å². The van der Waals surface area contributed by atoms with Crippen molar-refractivity contribution < 1.29 is 27.6 Å². The van der Waals surface area contributed by atoms with Gasteiger partial charge in [-0.3, -0.25) is 10.1 Å². The van der Waals surface area contributed by atoms with Crippen molar-refractivity contribution in [1.82, 2.24) is 4.31 Å². The lowest BCUT2D eigenvalue weighted by atomic mass is 10.1. The summed E-state index contributed by atoms with van der Waals surface area (Å²) >= 11 is 0. The van der Waals surface area contributed by atoms with Gasteiger partial charge in [-0.1, -0.05) is 42.5 Å². The molecule has 0 saturated carbocycles. The Morgan fingerprint density at radius 2 is 1.83 bits per heavy atom. The SMILES string of the molecule is O=[N+]([O-])c1ccccc1S(=O)(=O)N1[C@@H]2[C@H](OCc3ccccc3)[C@@H]3OC[C@@H](O3)[C@@H]21. The number of sulfonamides is 1. The summed E-state index contributed by atoms with van der Waals surface area (Å²) in [6.45, 7) is 0.544. The third kappa shape index (κ3) is 3.04. The highest BCUT2D eigenvalue weighted by molar-refractivity contribution is 7.89. The average Bonchev–Trinajstić information content (AvgIpc) is 3.35. The van der Waals surface area contributed by atoms with E-state index in [-0.39, 0.29) is 18.1 Å². The molecule has 0 amide bonds. The van der Waals surface area contributed by atoms with E-state index in [1.165, 1.54) is 28.6 Å². The Bertz CT molecular complexity index is 1050. The Labute approximate surface area is 167 Å². The van der Waals surface area contributed by atoms with Crippen LogP contribution in [0.25, 0.3) is 0 Å². The number of para-hydroxylation sites is 1. The summed E-state index contributed by atoms with van der Waals surface area (Å²) in [5, 5.41) is 11.3. The molecule has 9 nitrogen and oxygen atoms in total. The summed E-state index contributed by atoms with van der Waals surface area (Å²) in [5.74, 6) is 0. The fourth-order valence-electron chi connectivity index (χ4n) is 4.13. The Morgan fingerprint density at radius 3 is 2.59 bits per heavy atom. The molecule has 2 bridgehead atoms. The van der Waals surface area contributed by atoms with Crippen LogP contribution in [0.1, 0.15) is 5.56 Å². The van der Waals surface area contributed by atoms with Crippen LogP contribution in [-0.4, -0.2) is 54.8 Å². The molecule has 6 atom stereocenters. The van der Waals surface area contributed by atoms with E-state index >= 15 is 0 Å². The van der Waals surface area contributed by atoms with Crippen molar-refractivity contribution in [3.8, 4) is 0 Å². The monoisotopic (exact) mass is 418 g/mol. The zero-order valence-corrected chi connectivity index (χ0v) is 16.0. The van der Waals surface area contributed by atoms with Crippen LogP contribution in [0.4, 0.5) is 5.69 Å². The van der Waals surface area contributed by atoms with E-state index in [1.807, 2.05) is 30.3 Å². The van der Waals surface area contributed by atoms with E-state index in [9.17, 15) is 18.5 Å². The number of hydrogen-bond acceptors (Lipinski definition) is 7. The molecule has 0 N–H and O–H groups in total. The van der Waals surface area contributed by atoms with Gasteiger partial charge in [0, 0.05) is 6.07 Å². The van der Waals surface area contributed by atoms with Crippen LogP contribution < -0.4 is 0 Å². The Kier molecular flexibility index (Phi) is 4.41. The van der Waals surface area contributed by atoms with Crippen LogP contribution in [0, 0.1) is 10.1 Å². The van der Waals surface area contributed by atoms with Crippen molar-refractivity contribution in [3.05, 3.63) is 70.3 Å². The quantitative estimate of drug-likeness (QED) is 0.399. The Morgan fingerprint density at radius 1 is 1.10 bits per heavy atom. The maximum Gasteiger partial charge on any atom is 0.289 e. The minimum absolute atomic E-state index is 0.264. The normalized spacial score (nSPS) is 32.6. The van der Waals surface area contributed by atoms with Crippen molar-refractivity contribution in [2.45, 2.75) is 42.1 Å². The third-order valence-electron chi connectivity index (χ3n) is 5.47. The molecule has 2 aromatic rings. The first-order valence-electron chi connectivity index (χ1n) is 9.18. The van der Waals surface area contributed by atoms with Crippen molar-refractivity contribution >= 4 is 15.7 Å². The molecule has 3 heterocycles. The van der Waals surface area contributed by atoms with Gasteiger partial charge in [-0.15, -0.1) is 0 Å². The molecule has 3 aliphatic rings. The van der Waals surface area contributed by atoms with E-state index in [0.29, 0.717) is 0 Å². The summed E-state index contributed by atoms with van der Waals surface area (Å²) in [6.07, 6.45) is -1.67. The van der Waals surface area contributed by atoms with Gasteiger partial charge in [0.05, 0.1) is 30.2 Å². The van der Waals surface area contributed by atoms with Crippen LogP contribution in [0.5, 0.6) is 0 Å². The van der Waals surface area contributed by atoms with Crippen LogP contribution in [0.15, 0.2) is 59.5 Å². The summed E-state index contributed by atoms with van der Waals surface area (Å²) in [4.78, 5) is 10.3. The minimum Gasteiger partial charge on any atom is -0.366 e. The summed E-state index contributed by atoms with van der Waals surface area (Å²) in [5.41, 5.74) is 0.498. The smallest absolute Gasteiger partial charge is 0.289 e. The molecule has 3 aliphatic heterocycles. The second-order valence-corrected chi connectivity index (χ2v) is 8.99. The summed E-state index contributed by atoms with van der Waals surface area (Å²) in [7, 11) is -4.09. The van der Waals surface area contributed by atoms with E-state index < -0.39 is 51.2 Å². The van der Waals surface area contributed by atoms with Gasteiger partial charge < -0.3 is 14.2 Å². The van der Waals surface area contributed by atoms with Gasteiger partial charge in [0.2, 0.25) is 0 Å². The standard InChI is InChI=1S/C19H18N2O7S/c22-21(23)13-8-4-5-9-15(13)29(24,25)20-16-14-11-27-19(28-14)18(17(16)20)26-10-12-6-2-1-3-7-12/h1-9,14,16-19H,10-11H2/t14-,16+,17+,18+,19-,20?/m1/s1. The molecule has 0 aromatic heterocycles.